The first-order chi connectivity index (χ1) is 19.9. The second-order valence-electron chi connectivity index (χ2n) is 10.7. The van der Waals surface area contributed by atoms with E-state index < -0.39 is 17.8 Å². The van der Waals surface area contributed by atoms with Gasteiger partial charge >= 0.3 is 0 Å². The van der Waals surface area contributed by atoms with Crippen LogP contribution < -0.4 is 5.32 Å². The fourth-order valence-electron chi connectivity index (χ4n) is 6.10. The molecule has 2 aliphatic rings. The lowest BCUT2D eigenvalue weighted by Crippen LogP contribution is -2.56. The van der Waals surface area contributed by atoms with Crippen molar-refractivity contribution in [2.75, 3.05) is 13.1 Å². The number of hydrogen-bond donors (Lipinski definition) is 3. The number of aromatic nitrogens is 3. The van der Waals surface area contributed by atoms with Crippen LogP contribution in [0.5, 0.6) is 0 Å². The van der Waals surface area contributed by atoms with Crippen molar-refractivity contribution in [3.63, 3.8) is 0 Å². The van der Waals surface area contributed by atoms with Crippen molar-refractivity contribution in [1.29, 1.82) is 0 Å². The molecule has 206 valence electrons. The summed E-state index contributed by atoms with van der Waals surface area (Å²) in [5.41, 5.74) is 2.86. The molecule has 4 heterocycles. The van der Waals surface area contributed by atoms with Gasteiger partial charge in [0.1, 0.15) is 17.6 Å². The van der Waals surface area contributed by atoms with E-state index in [9.17, 15) is 18.8 Å². The minimum atomic E-state index is -0.833. The molecule has 0 spiro atoms. The van der Waals surface area contributed by atoms with E-state index in [4.69, 9.17) is 0 Å². The average Bonchev–Trinajstić information content (AvgIpc) is 3.79. The van der Waals surface area contributed by atoms with Gasteiger partial charge in [0, 0.05) is 24.9 Å². The van der Waals surface area contributed by atoms with Crippen molar-refractivity contribution in [3.05, 3.63) is 102 Å². The molecule has 41 heavy (non-hydrogen) atoms. The van der Waals surface area contributed by atoms with Gasteiger partial charge in [-0.25, -0.2) is 9.37 Å². The van der Waals surface area contributed by atoms with Gasteiger partial charge in [-0.2, -0.15) is 0 Å². The first kappa shape index (κ1) is 25.0. The Morgan fingerprint density at radius 2 is 1.68 bits per heavy atom. The van der Waals surface area contributed by atoms with Crippen LogP contribution in [-0.2, 0) is 11.2 Å². The molecule has 10 heteroatoms. The standard InChI is InChI=1S/C31H27FN6O3/c32-22-10-6-9-19-14-25(33-27(19)22)29(39)36-26(13-18-7-2-1-3-8-18)30(40)37-16-21-15-20(37)17-38(21)31(41)28-34-23-11-4-5-12-24(23)35-28/h1-12,14,20-21,26,33H,13,15-17H2,(H,34,35)(H,36,39)/t20?,21-,26-/m0/s1. The lowest BCUT2D eigenvalue weighted by molar-refractivity contribution is -0.135. The van der Waals surface area contributed by atoms with Crippen LogP contribution in [0.4, 0.5) is 4.39 Å². The number of para-hydroxylation sites is 3. The predicted octanol–water partition coefficient (Wildman–Crippen LogP) is 3.65. The van der Waals surface area contributed by atoms with E-state index in [1.165, 1.54) is 6.07 Å². The number of halogens is 1. The van der Waals surface area contributed by atoms with Gasteiger partial charge in [0.2, 0.25) is 5.91 Å². The molecule has 9 nitrogen and oxygen atoms in total. The van der Waals surface area contributed by atoms with E-state index >= 15 is 0 Å². The van der Waals surface area contributed by atoms with Gasteiger partial charge in [0.15, 0.2) is 5.82 Å². The van der Waals surface area contributed by atoms with Gasteiger partial charge in [-0.05, 0) is 36.2 Å². The van der Waals surface area contributed by atoms with Gasteiger partial charge < -0.3 is 25.1 Å². The zero-order chi connectivity index (χ0) is 28.1. The van der Waals surface area contributed by atoms with Gasteiger partial charge in [-0.3, -0.25) is 14.4 Å². The number of carbonyl (C=O) groups is 3. The number of imidazole rings is 1. The van der Waals surface area contributed by atoms with E-state index in [0.29, 0.717) is 37.1 Å². The van der Waals surface area contributed by atoms with Crippen LogP contribution in [0.1, 0.15) is 33.1 Å². The van der Waals surface area contributed by atoms with Gasteiger partial charge in [0.25, 0.3) is 11.8 Å². The molecule has 2 fully saturated rings. The lowest BCUT2D eigenvalue weighted by Gasteiger charge is -2.35. The number of aromatic amines is 2. The van der Waals surface area contributed by atoms with Crippen LogP contribution in [0.2, 0.25) is 0 Å². The Hall–Kier alpha value is -4.99. The van der Waals surface area contributed by atoms with Gasteiger partial charge in [-0.1, -0.05) is 54.6 Å². The number of nitrogens with zero attached hydrogens (tertiary/aromatic N) is 3. The third kappa shape index (κ3) is 4.51. The Labute approximate surface area is 234 Å². The third-order valence-electron chi connectivity index (χ3n) is 8.11. The molecule has 5 aromatic rings. The van der Waals surface area contributed by atoms with Crippen LogP contribution in [-0.4, -0.2) is 73.7 Å². The lowest BCUT2D eigenvalue weighted by atomic mass is 10.0. The summed E-state index contributed by atoms with van der Waals surface area (Å²) < 4.78 is 14.2. The highest BCUT2D eigenvalue weighted by atomic mass is 19.1. The number of likely N-dealkylation sites (tertiary alicyclic amines) is 2. The van der Waals surface area contributed by atoms with Crippen LogP contribution in [0.3, 0.4) is 0 Å². The smallest absolute Gasteiger partial charge is 0.290 e. The first-order valence-corrected chi connectivity index (χ1v) is 13.6. The number of amides is 3. The minimum Gasteiger partial charge on any atom is -0.348 e. The fourth-order valence-corrected chi connectivity index (χ4v) is 6.10. The number of hydrogen-bond acceptors (Lipinski definition) is 4. The van der Waals surface area contributed by atoms with E-state index in [1.54, 1.807) is 28.0 Å². The molecule has 2 aliphatic heterocycles. The summed E-state index contributed by atoms with van der Waals surface area (Å²) in [6.07, 6.45) is 0.973. The zero-order valence-electron chi connectivity index (χ0n) is 22.0. The van der Waals surface area contributed by atoms with Crippen LogP contribution in [0.25, 0.3) is 21.9 Å². The number of H-pyrrole nitrogens is 2. The maximum absolute atomic E-state index is 14.2. The maximum atomic E-state index is 14.2. The van der Waals surface area contributed by atoms with E-state index in [-0.39, 0.29) is 35.1 Å². The molecule has 2 aromatic heterocycles. The molecular weight excluding hydrogens is 523 g/mol. The number of piperazine rings is 1. The molecule has 3 N–H and O–H groups in total. The molecule has 0 aliphatic carbocycles. The molecule has 3 amide bonds. The van der Waals surface area contributed by atoms with Crippen molar-refractivity contribution < 1.29 is 18.8 Å². The molecule has 7 rings (SSSR count). The van der Waals surface area contributed by atoms with Gasteiger partial charge in [0.05, 0.1) is 28.6 Å². The quantitative estimate of drug-likeness (QED) is 0.300. The molecular formula is C31H27FN6O3. The summed E-state index contributed by atoms with van der Waals surface area (Å²) in [6.45, 7) is 0.786. The highest BCUT2D eigenvalue weighted by molar-refractivity contribution is 6.00. The highest BCUT2D eigenvalue weighted by Crippen LogP contribution is 2.32. The van der Waals surface area contributed by atoms with Crippen LogP contribution in [0.15, 0.2) is 78.9 Å². The summed E-state index contributed by atoms with van der Waals surface area (Å²) >= 11 is 0. The van der Waals surface area contributed by atoms with Crippen LogP contribution in [0, 0.1) is 5.82 Å². The Bertz CT molecular complexity index is 1760. The molecule has 3 atom stereocenters. The Morgan fingerprint density at radius 1 is 0.927 bits per heavy atom. The average molecular weight is 551 g/mol. The van der Waals surface area contributed by atoms with Crippen molar-refractivity contribution in [2.45, 2.75) is 31.0 Å². The van der Waals surface area contributed by atoms with E-state index in [1.807, 2.05) is 54.6 Å². The molecule has 3 aromatic carbocycles. The summed E-state index contributed by atoms with van der Waals surface area (Å²) in [5, 5.41) is 3.47. The number of nitrogens with one attached hydrogen (secondary N) is 3. The Kier molecular flexibility index (Phi) is 6.03. The minimum absolute atomic E-state index is 0.130. The van der Waals surface area contributed by atoms with Crippen molar-refractivity contribution in [1.82, 2.24) is 30.1 Å². The summed E-state index contributed by atoms with van der Waals surface area (Å²) in [4.78, 5) is 54.5. The second kappa shape index (κ2) is 9.88. The number of carbonyl (C=O) groups excluding carboxylic acids is 3. The van der Waals surface area contributed by atoms with Crippen molar-refractivity contribution in [2.24, 2.45) is 0 Å². The van der Waals surface area contributed by atoms with Crippen molar-refractivity contribution >= 4 is 39.7 Å². The number of rotatable bonds is 6. The predicted molar refractivity (Wildman–Crippen MR) is 151 cm³/mol. The topological polar surface area (TPSA) is 114 Å². The molecule has 2 saturated heterocycles. The summed E-state index contributed by atoms with van der Waals surface area (Å²) in [5.74, 6) is -1.02. The zero-order valence-corrected chi connectivity index (χ0v) is 22.0. The molecule has 1 unspecified atom stereocenters. The van der Waals surface area contributed by atoms with Crippen LogP contribution >= 0.6 is 0 Å². The monoisotopic (exact) mass is 550 g/mol. The molecule has 0 saturated carbocycles. The maximum Gasteiger partial charge on any atom is 0.290 e. The largest absolute Gasteiger partial charge is 0.348 e. The molecule has 2 bridgehead atoms. The van der Waals surface area contributed by atoms with Crippen molar-refractivity contribution in [3.8, 4) is 0 Å². The summed E-state index contributed by atoms with van der Waals surface area (Å²) in [6, 6.07) is 22.1. The van der Waals surface area contributed by atoms with Gasteiger partial charge in [-0.15, -0.1) is 0 Å². The SMILES string of the molecule is O=C(N[C@@H](Cc1ccccc1)C(=O)N1C[C@@H]2CC1CN2C(=O)c1nc2ccccc2[nH]1)c1cc2cccc(F)c2[nH]1. The normalized spacial score (nSPS) is 18.8. The van der Waals surface area contributed by atoms with E-state index in [0.717, 1.165) is 16.6 Å². The number of benzene rings is 3. The number of fused-ring (bicyclic) bond motifs is 4. The van der Waals surface area contributed by atoms with E-state index in [2.05, 4.69) is 20.3 Å². The molecule has 0 radical (unpaired) electrons. The summed E-state index contributed by atoms with van der Waals surface area (Å²) in [7, 11) is 0. The Balaban J connectivity index is 1.09. The highest BCUT2D eigenvalue weighted by Gasteiger charge is 2.48. The first-order valence-electron chi connectivity index (χ1n) is 13.6. The fraction of sp³-hybridized carbons (Fsp3) is 0.226. The third-order valence-corrected chi connectivity index (χ3v) is 8.11. The second-order valence-corrected chi connectivity index (χ2v) is 10.7. The Morgan fingerprint density at radius 3 is 2.44 bits per heavy atom.